The van der Waals surface area contributed by atoms with E-state index in [0.717, 1.165) is 12.1 Å². The lowest BCUT2D eigenvalue weighted by molar-refractivity contribution is 0.0935. The summed E-state index contributed by atoms with van der Waals surface area (Å²) in [6.07, 6.45) is 0. The summed E-state index contributed by atoms with van der Waals surface area (Å²) in [5.41, 5.74) is 0.447. The molecule has 0 aliphatic heterocycles. The Morgan fingerprint density at radius 3 is 2.20 bits per heavy atom. The predicted octanol–water partition coefficient (Wildman–Crippen LogP) is 3.59. The minimum Gasteiger partial charge on any atom is -0.345 e. The van der Waals surface area contributed by atoms with Crippen molar-refractivity contribution in [3.05, 3.63) is 71.0 Å². The quantitative estimate of drug-likeness (QED) is 0.914. The van der Waals surface area contributed by atoms with Crippen molar-refractivity contribution in [1.82, 2.24) is 5.32 Å². The van der Waals surface area contributed by atoms with E-state index in [0.29, 0.717) is 11.6 Å². The summed E-state index contributed by atoms with van der Waals surface area (Å²) in [6.45, 7) is 1.69. The van der Waals surface area contributed by atoms with Gasteiger partial charge in [0.15, 0.2) is 0 Å². The maximum absolute atomic E-state index is 13.5. The molecular weight excluding hydrogens is 267 g/mol. The summed E-state index contributed by atoms with van der Waals surface area (Å²) < 4.78 is 39.0. The summed E-state index contributed by atoms with van der Waals surface area (Å²) in [5.74, 6) is -2.70. The van der Waals surface area contributed by atoms with E-state index in [4.69, 9.17) is 0 Å². The van der Waals surface area contributed by atoms with Crippen molar-refractivity contribution >= 4 is 5.91 Å². The molecule has 1 N–H and O–H groups in total. The topological polar surface area (TPSA) is 29.1 Å². The number of nitrogens with one attached hydrogen (secondary N) is 1. The molecule has 20 heavy (non-hydrogen) atoms. The average molecular weight is 279 g/mol. The van der Waals surface area contributed by atoms with E-state index in [-0.39, 0.29) is 11.4 Å². The van der Waals surface area contributed by atoms with Crippen LogP contribution in [-0.4, -0.2) is 5.91 Å². The number of halogens is 3. The molecular formula is C15H12F3NO. The molecule has 0 aliphatic carbocycles. The first-order valence-corrected chi connectivity index (χ1v) is 5.99. The first kappa shape index (κ1) is 14.1. The van der Waals surface area contributed by atoms with Crippen LogP contribution in [0.1, 0.15) is 28.9 Å². The van der Waals surface area contributed by atoms with Crippen molar-refractivity contribution in [2.45, 2.75) is 13.0 Å². The van der Waals surface area contributed by atoms with Crippen molar-refractivity contribution in [3.63, 3.8) is 0 Å². The Bertz CT molecular complexity index is 626. The van der Waals surface area contributed by atoms with Crippen LogP contribution < -0.4 is 5.32 Å². The van der Waals surface area contributed by atoms with Gasteiger partial charge in [-0.15, -0.1) is 0 Å². The fraction of sp³-hybridized carbons (Fsp3) is 0.133. The Balaban J connectivity index is 2.13. The zero-order valence-corrected chi connectivity index (χ0v) is 10.7. The van der Waals surface area contributed by atoms with Gasteiger partial charge in [-0.1, -0.05) is 12.1 Å². The second-order valence-corrected chi connectivity index (χ2v) is 4.37. The number of hydrogen-bond donors (Lipinski definition) is 1. The number of carbonyl (C=O) groups excluding carboxylic acids is 1. The first-order chi connectivity index (χ1) is 9.47. The van der Waals surface area contributed by atoms with Crippen LogP contribution in [0, 0.1) is 17.5 Å². The van der Waals surface area contributed by atoms with Crippen molar-refractivity contribution in [2.75, 3.05) is 0 Å². The third-order valence-electron chi connectivity index (χ3n) is 2.89. The molecule has 1 amide bonds. The predicted molar refractivity (Wildman–Crippen MR) is 68.6 cm³/mol. The van der Waals surface area contributed by atoms with Gasteiger partial charge in [0.05, 0.1) is 11.6 Å². The minimum atomic E-state index is -0.922. The van der Waals surface area contributed by atoms with E-state index < -0.39 is 23.6 Å². The van der Waals surface area contributed by atoms with Crippen LogP contribution in [-0.2, 0) is 0 Å². The molecule has 2 rings (SSSR count). The summed E-state index contributed by atoms with van der Waals surface area (Å²) in [6, 6.07) is 7.93. The fourth-order valence-corrected chi connectivity index (χ4v) is 1.78. The van der Waals surface area contributed by atoms with E-state index in [9.17, 15) is 18.0 Å². The monoisotopic (exact) mass is 279 g/mol. The van der Waals surface area contributed by atoms with Crippen LogP contribution in [0.2, 0.25) is 0 Å². The van der Waals surface area contributed by atoms with Gasteiger partial charge in [0, 0.05) is 6.07 Å². The van der Waals surface area contributed by atoms with Crippen LogP contribution in [0.3, 0.4) is 0 Å². The summed E-state index contributed by atoms with van der Waals surface area (Å²) >= 11 is 0. The van der Waals surface area contributed by atoms with Crippen LogP contribution in [0.5, 0.6) is 0 Å². The zero-order chi connectivity index (χ0) is 14.7. The highest BCUT2D eigenvalue weighted by Gasteiger charge is 2.15. The highest BCUT2D eigenvalue weighted by Crippen LogP contribution is 2.15. The highest BCUT2D eigenvalue weighted by atomic mass is 19.1. The molecule has 5 heteroatoms. The Hall–Kier alpha value is -2.30. The van der Waals surface area contributed by atoms with Crippen molar-refractivity contribution in [1.29, 1.82) is 0 Å². The molecule has 1 atom stereocenters. The van der Waals surface area contributed by atoms with Gasteiger partial charge in [-0.25, -0.2) is 13.2 Å². The standard InChI is InChI=1S/C15H12F3NO/c1-9(10-2-4-11(16)5-3-10)19-15(20)13-7-6-12(17)8-14(13)18/h2-9H,1H3,(H,19,20). The van der Waals surface area contributed by atoms with Crippen molar-refractivity contribution in [2.24, 2.45) is 0 Å². The van der Waals surface area contributed by atoms with E-state index in [1.54, 1.807) is 6.92 Å². The lowest BCUT2D eigenvalue weighted by Crippen LogP contribution is -2.27. The van der Waals surface area contributed by atoms with Gasteiger partial charge in [0.25, 0.3) is 5.91 Å². The van der Waals surface area contributed by atoms with Crippen molar-refractivity contribution in [3.8, 4) is 0 Å². The largest absolute Gasteiger partial charge is 0.345 e. The Morgan fingerprint density at radius 1 is 1.00 bits per heavy atom. The highest BCUT2D eigenvalue weighted by molar-refractivity contribution is 5.94. The van der Waals surface area contributed by atoms with E-state index in [2.05, 4.69) is 5.32 Å². The SMILES string of the molecule is CC(NC(=O)c1ccc(F)cc1F)c1ccc(F)cc1. The van der Waals surface area contributed by atoms with Gasteiger partial charge in [-0.3, -0.25) is 4.79 Å². The molecule has 0 saturated carbocycles. The lowest BCUT2D eigenvalue weighted by atomic mass is 10.1. The fourth-order valence-electron chi connectivity index (χ4n) is 1.78. The molecule has 2 aromatic rings. The second kappa shape index (κ2) is 5.77. The molecule has 2 nitrogen and oxygen atoms in total. The van der Waals surface area contributed by atoms with Crippen molar-refractivity contribution < 1.29 is 18.0 Å². The molecule has 0 heterocycles. The lowest BCUT2D eigenvalue weighted by Gasteiger charge is -2.14. The number of carbonyl (C=O) groups is 1. The molecule has 1 unspecified atom stereocenters. The molecule has 0 bridgehead atoms. The second-order valence-electron chi connectivity index (χ2n) is 4.37. The van der Waals surface area contributed by atoms with Gasteiger partial charge in [-0.05, 0) is 36.8 Å². The molecule has 0 radical (unpaired) electrons. The van der Waals surface area contributed by atoms with E-state index in [1.807, 2.05) is 0 Å². The van der Waals surface area contributed by atoms with Gasteiger partial charge in [-0.2, -0.15) is 0 Å². The number of amides is 1. The molecule has 0 aliphatic rings. The molecule has 104 valence electrons. The first-order valence-electron chi connectivity index (χ1n) is 5.99. The maximum Gasteiger partial charge on any atom is 0.254 e. The number of hydrogen-bond acceptors (Lipinski definition) is 1. The maximum atomic E-state index is 13.5. The Morgan fingerprint density at radius 2 is 1.60 bits per heavy atom. The van der Waals surface area contributed by atoms with E-state index >= 15 is 0 Å². The molecule has 0 fully saturated rings. The zero-order valence-electron chi connectivity index (χ0n) is 10.7. The van der Waals surface area contributed by atoms with Gasteiger partial charge < -0.3 is 5.32 Å². The number of benzene rings is 2. The third kappa shape index (κ3) is 3.17. The Labute approximate surface area is 114 Å². The average Bonchev–Trinajstić information content (AvgIpc) is 2.39. The Kier molecular flexibility index (Phi) is 4.08. The molecule has 0 aromatic heterocycles. The smallest absolute Gasteiger partial charge is 0.254 e. The summed E-state index contributed by atoms with van der Waals surface area (Å²) in [7, 11) is 0. The van der Waals surface area contributed by atoms with Crippen LogP contribution >= 0.6 is 0 Å². The molecule has 0 spiro atoms. The van der Waals surface area contributed by atoms with Gasteiger partial charge in [0.2, 0.25) is 0 Å². The van der Waals surface area contributed by atoms with Gasteiger partial charge >= 0.3 is 0 Å². The third-order valence-corrected chi connectivity index (χ3v) is 2.89. The van der Waals surface area contributed by atoms with Crippen LogP contribution in [0.4, 0.5) is 13.2 Å². The summed E-state index contributed by atoms with van der Waals surface area (Å²) in [4.78, 5) is 11.9. The van der Waals surface area contributed by atoms with E-state index in [1.165, 1.54) is 24.3 Å². The normalized spacial score (nSPS) is 12.0. The van der Waals surface area contributed by atoms with Gasteiger partial charge in [0.1, 0.15) is 17.5 Å². The minimum absolute atomic E-state index is 0.236. The molecule has 2 aromatic carbocycles. The summed E-state index contributed by atoms with van der Waals surface area (Å²) in [5, 5.41) is 2.57. The molecule has 0 saturated heterocycles. The van der Waals surface area contributed by atoms with Crippen LogP contribution in [0.15, 0.2) is 42.5 Å². The van der Waals surface area contributed by atoms with Crippen LogP contribution in [0.25, 0.3) is 0 Å². The number of rotatable bonds is 3.